The average molecular weight is 853 g/mol. The smallest absolute Gasteiger partial charge is 1.00 e. The number of halogens is 7. The van der Waals surface area contributed by atoms with Crippen LogP contribution in [0.15, 0.2) is 103 Å². The number of benzene rings is 5. The molecule has 0 radical (unpaired) electrons. The molecule has 54 heavy (non-hydrogen) atoms. The number of hydrogen-bond donors (Lipinski definition) is 0. The maximum absolute atomic E-state index is 14.4. The Morgan fingerprint density at radius 2 is 1.11 bits per heavy atom. The van der Waals surface area contributed by atoms with Crippen molar-refractivity contribution in [3.05, 3.63) is 154 Å². The zero-order valence-electron chi connectivity index (χ0n) is 30.9. The van der Waals surface area contributed by atoms with Crippen LogP contribution in [0.25, 0.3) is 43.8 Å². The number of fused-ring (bicyclic) bond motifs is 2. The number of ether oxygens (including phenoxy) is 1. The van der Waals surface area contributed by atoms with E-state index in [-0.39, 0.29) is 68.1 Å². The molecule has 0 spiro atoms. The second kappa shape index (κ2) is 17.8. The maximum atomic E-state index is 14.4. The standard InChI is InChI=1S/C25H18F5O.C20H21.2ClH.Zr/c1-12(2)16-11-15-9-13(3)10-17(15)18(14-7-5-4-6-8-14)24(16)31-25-22(29)20(27)19(26)21(28)23(25)30;1-14-12-16-6-5-7-18(19(16)13-14)15-8-10-17(11-9-15)20(2,3)4;;;/h4-12H,1-3H3;5-13H,1-4H3;2*1H;/q2*-1;;;+4/p-2. The minimum Gasteiger partial charge on any atom is -1.00 e. The maximum Gasteiger partial charge on any atom is 4.00 e. The van der Waals surface area contributed by atoms with Gasteiger partial charge in [0.1, 0.15) is 5.75 Å². The summed E-state index contributed by atoms with van der Waals surface area (Å²) in [6, 6.07) is 34.8. The zero-order valence-corrected chi connectivity index (χ0v) is 34.9. The van der Waals surface area contributed by atoms with E-state index in [0.717, 1.165) is 16.3 Å². The molecule has 0 aliphatic heterocycles. The van der Waals surface area contributed by atoms with Crippen molar-refractivity contribution in [3.63, 3.8) is 0 Å². The molecule has 7 aromatic rings. The average Bonchev–Trinajstić information content (AvgIpc) is 3.68. The van der Waals surface area contributed by atoms with Gasteiger partial charge in [0.15, 0.2) is 0 Å². The second-order valence-electron chi connectivity index (χ2n) is 14.4. The number of aryl methyl sites for hydroxylation is 2. The Labute approximate surface area is 345 Å². The van der Waals surface area contributed by atoms with Crippen LogP contribution in [0.3, 0.4) is 0 Å². The molecule has 9 heteroatoms. The molecule has 278 valence electrons. The molecule has 0 atom stereocenters. The Morgan fingerprint density at radius 3 is 1.67 bits per heavy atom. The minimum absolute atomic E-state index is 0. The van der Waals surface area contributed by atoms with Crippen LogP contribution >= 0.6 is 0 Å². The van der Waals surface area contributed by atoms with Crippen molar-refractivity contribution in [1.82, 2.24) is 0 Å². The van der Waals surface area contributed by atoms with Crippen molar-refractivity contribution in [3.8, 4) is 33.8 Å². The van der Waals surface area contributed by atoms with Crippen molar-refractivity contribution in [2.24, 2.45) is 0 Å². The van der Waals surface area contributed by atoms with Gasteiger partial charge in [-0.1, -0.05) is 115 Å². The quantitative estimate of drug-likeness (QED) is 0.0740. The van der Waals surface area contributed by atoms with Gasteiger partial charge < -0.3 is 29.6 Å². The number of rotatable bonds is 5. The largest absolute Gasteiger partial charge is 4.00 e. The molecule has 0 aromatic heterocycles. The van der Waals surface area contributed by atoms with E-state index in [2.05, 4.69) is 82.3 Å². The van der Waals surface area contributed by atoms with Crippen molar-refractivity contribution in [1.29, 1.82) is 0 Å². The van der Waals surface area contributed by atoms with Crippen LogP contribution in [-0.2, 0) is 31.6 Å². The summed E-state index contributed by atoms with van der Waals surface area (Å²) in [6.07, 6.45) is 0. The molecule has 0 heterocycles. The third-order valence-electron chi connectivity index (χ3n) is 9.15. The molecular weight excluding hydrogens is 814 g/mol. The number of hydrogen-bond acceptors (Lipinski definition) is 1. The molecule has 0 saturated carbocycles. The summed E-state index contributed by atoms with van der Waals surface area (Å²) in [6.45, 7) is 14.5. The van der Waals surface area contributed by atoms with E-state index in [0.29, 0.717) is 16.7 Å². The third kappa shape index (κ3) is 8.86. The van der Waals surface area contributed by atoms with E-state index in [1.807, 2.05) is 45.0 Å². The van der Waals surface area contributed by atoms with Gasteiger partial charge in [-0.3, -0.25) is 0 Å². The Kier molecular flexibility index (Phi) is 14.7. The SMILES string of the molecule is Cc1cc2c(-c3ccc(C(C)(C)C)cc3)cccc2[cH-]1.Cc1cc2c(-c3ccccc3)c(Oc3c(F)c(F)c(F)c(F)c3F)c(C(C)C)cc2[cH-]1.[Cl-].[Cl-].[Zr+4]. The fourth-order valence-electron chi connectivity index (χ4n) is 6.50. The molecule has 0 N–H and O–H groups in total. The van der Waals surface area contributed by atoms with Gasteiger partial charge in [-0.15, -0.1) is 63.0 Å². The van der Waals surface area contributed by atoms with Crippen molar-refractivity contribution in [2.75, 3.05) is 0 Å². The van der Waals surface area contributed by atoms with E-state index in [1.165, 1.54) is 33.0 Å². The van der Waals surface area contributed by atoms with Gasteiger partial charge in [-0.25, -0.2) is 13.2 Å². The summed E-state index contributed by atoms with van der Waals surface area (Å²) < 4.78 is 75.5. The van der Waals surface area contributed by atoms with Gasteiger partial charge in [0.05, 0.1) is 0 Å². The Bertz CT molecular complexity index is 2340. The second-order valence-corrected chi connectivity index (χ2v) is 14.4. The zero-order chi connectivity index (χ0) is 36.8. The minimum atomic E-state index is -2.23. The van der Waals surface area contributed by atoms with Gasteiger partial charge in [-0.05, 0) is 39.2 Å². The van der Waals surface area contributed by atoms with Crippen molar-refractivity contribution >= 4 is 21.5 Å². The molecule has 0 bridgehead atoms. The van der Waals surface area contributed by atoms with Crippen LogP contribution in [-0.4, -0.2) is 0 Å². The van der Waals surface area contributed by atoms with Crippen LogP contribution in [0.5, 0.6) is 11.5 Å². The summed E-state index contributed by atoms with van der Waals surface area (Å²) in [4.78, 5) is 0. The van der Waals surface area contributed by atoms with Crippen LogP contribution in [0.4, 0.5) is 22.0 Å². The fourth-order valence-corrected chi connectivity index (χ4v) is 6.50. The van der Waals surface area contributed by atoms with Crippen molar-refractivity contribution in [2.45, 2.75) is 59.8 Å². The van der Waals surface area contributed by atoms with Crippen LogP contribution in [0, 0.1) is 42.9 Å². The predicted molar refractivity (Wildman–Crippen MR) is 199 cm³/mol. The predicted octanol–water partition coefficient (Wildman–Crippen LogP) is 7.98. The van der Waals surface area contributed by atoms with Crippen LogP contribution in [0.1, 0.15) is 62.8 Å². The van der Waals surface area contributed by atoms with Gasteiger partial charge in [0.25, 0.3) is 0 Å². The molecular formula is C45H39Cl2F5OZr. The molecule has 7 aromatic carbocycles. The molecule has 0 unspecified atom stereocenters. The van der Waals surface area contributed by atoms with Crippen LogP contribution in [0.2, 0.25) is 0 Å². The van der Waals surface area contributed by atoms with E-state index in [9.17, 15) is 22.0 Å². The molecule has 7 rings (SSSR count). The summed E-state index contributed by atoms with van der Waals surface area (Å²) in [5, 5.41) is 4.34. The molecule has 0 amide bonds. The van der Waals surface area contributed by atoms with E-state index in [1.54, 1.807) is 24.3 Å². The van der Waals surface area contributed by atoms with Gasteiger partial charge >= 0.3 is 26.2 Å². The summed E-state index contributed by atoms with van der Waals surface area (Å²) in [7, 11) is 0. The summed E-state index contributed by atoms with van der Waals surface area (Å²) in [5.74, 6) is -11.8. The summed E-state index contributed by atoms with van der Waals surface area (Å²) >= 11 is 0. The van der Waals surface area contributed by atoms with Gasteiger partial charge in [0.2, 0.25) is 34.8 Å². The first-order valence-corrected chi connectivity index (χ1v) is 16.9. The van der Waals surface area contributed by atoms with Crippen molar-refractivity contribution < 1.29 is 77.7 Å². The third-order valence-corrected chi connectivity index (χ3v) is 9.15. The fraction of sp³-hybridized carbons (Fsp3) is 0.200. The molecule has 0 fully saturated rings. The van der Waals surface area contributed by atoms with Gasteiger partial charge in [-0.2, -0.15) is 20.9 Å². The normalized spacial score (nSPS) is 11.1. The first-order valence-electron chi connectivity index (χ1n) is 16.9. The van der Waals surface area contributed by atoms with Gasteiger partial charge in [0, 0.05) is 0 Å². The first-order chi connectivity index (χ1) is 24.1. The molecule has 1 nitrogen and oxygen atoms in total. The van der Waals surface area contributed by atoms with E-state index in [4.69, 9.17) is 4.74 Å². The topological polar surface area (TPSA) is 9.23 Å². The Morgan fingerprint density at radius 1 is 0.574 bits per heavy atom. The monoisotopic (exact) mass is 850 g/mol. The van der Waals surface area contributed by atoms with E-state index >= 15 is 0 Å². The molecule has 0 saturated heterocycles. The van der Waals surface area contributed by atoms with E-state index < -0.39 is 34.8 Å². The Balaban J connectivity index is 0.000000298. The van der Waals surface area contributed by atoms with Crippen LogP contribution < -0.4 is 29.6 Å². The Hall–Kier alpha value is -3.77. The summed E-state index contributed by atoms with van der Waals surface area (Å²) in [5.41, 5.74) is 8.33. The molecule has 0 aliphatic rings. The molecule has 0 aliphatic carbocycles. The first kappa shape index (κ1) is 44.6.